The molecule has 4 rings (SSSR count). The first-order valence-corrected chi connectivity index (χ1v) is 11.3. The van der Waals surface area contributed by atoms with Crippen molar-refractivity contribution in [3.63, 3.8) is 0 Å². The van der Waals surface area contributed by atoms with Crippen LogP contribution in [0.1, 0.15) is 35.6 Å². The monoisotopic (exact) mass is 424 g/mol. The van der Waals surface area contributed by atoms with Gasteiger partial charge in [-0.1, -0.05) is 44.2 Å². The van der Waals surface area contributed by atoms with Gasteiger partial charge < -0.3 is 5.32 Å². The van der Waals surface area contributed by atoms with Crippen LogP contribution in [0.2, 0.25) is 0 Å². The lowest BCUT2D eigenvalue weighted by Crippen LogP contribution is -2.33. The molecule has 0 bridgehead atoms. The van der Waals surface area contributed by atoms with Gasteiger partial charge in [0, 0.05) is 12.2 Å². The number of aryl methyl sites for hydroxylation is 1. The van der Waals surface area contributed by atoms with E-state index >= 15 is 0 Å². The fraction of sp³-hybridized carbons (Fsp3) is 0.273. The molecule has 0 radical (unpaired) electrons. The van der Waals surface area contributed by atoms with Crippen LogP contribution < -0.4 is 5.32 Å². The van der Waals surface area contributed by atoms with Crippen LogP contribution in [-0.4, -0.2) is 34.7 Å². The van der Waals surface area contributed by atoms with E-state index in [4.69, 9.17) is 0 Å². The predicted octanol–water partition coefficient (Wildman–Crippen LogP) is 3.59. The molecule has 0 unspecified atom stereocenters. The average molecular weight is 425 g/mol. The molecule has 156 valence electrons. The standard InChI is InChI=1S/C22H24N4O3S/c1-15(2)12-25-13-19-21(22(27)24-17-9-5-4-8-16(17)3)23-14-26(19)18-10-6-7-11-20(18)30(25,28)29/h4-11,14-15H,12-13H2,1-3H3,(H,24,27). The molecule has 30 heavy (non-hydrogen) atoms. The van der Waals surface area contributed by atoms with Crippen molar-refractivity contribution in [1.82, 2.24) is 13.9 Å². The van der Waals surface area contributed by atoms with E-state index in [1.807, 2.05) is 45.0 Å². The van der Waals surface area contributed by atoms with Crippen molar-refractivity contribution in [2.24, 2.45) is 5.92 Å². The largest absolute Gasteiger partial charge is 0.320 e. The molecule has 1 amide bonds. The number of carbonyl (C=O) groups excluding carboxylic acids is 1. The number of sulfonamides is 1. The number of nitrogens with zero attached hydrogens (tertiary/aromatic N) is 3. The van der Waals surface area contributed by atoms with Crippen LogP contribution in [0.5, 0.6) is 0 Å². The number of aromatic nitrogens is 2. The second kappa shape index (κ2) is 7.70. The number of para-hydroxylation sites is 2. The van der Waals surface area contributed by atoms with Gasteiger partial charge in [-0.05, 0) is 36.6 Å². The Balaban J connectivity index is 1.82. The number of carbonyl (C=O) groups is 1. The molecule has 0 fully saturated rings. The van der Waals surface area contributed by atoms with Crippen molar-refractivity contribution in [3.05, 3.63) is 71.8 Å². The van der Waals surface area contributed by atoms with E-state index in [0.717, 1.165) is 5.56 Å². The van der Waals surface area contributed by atoms with E-state index in [1.165, 1.54) is 10.6 Å². The molecule has 3 aromatic rings. The summed E-state index contributed by atoms with van der Waals surface area (Å²) in [7, 11) is -3.71. The third kappa shape index (κ3) is 3.53. The normalized spacial score (nSPS) is 15.3. The van der Waals surface area contributed by atoms with Crippen molar-refractivity contribution in [3.8, 4) is 5.69 Å². The molecule has 2 aromatic carbocycles. The Hall–Kier alpha value is -2.97. The van der Waals surface area contributed by atoms with Crippen molar-refractivity contribution < 1.29 is 13.2 Å². The Morgan fingerprint density at radius 1 is 1.13 bits per heavy atom. The van der Waals surface area contributed by atoms with Gasteiger partial charge in [0.2, 0.25) is 10.0 Å². The SMILES string of the molecule is Cc1ccccc1NC(=O)c1ncn2c1CN(CC(C)C)S(=O)(=O)c1ccccc1-2. The van der Waals surface area contributed by atoms with Gasteiger partial charge >= 0.3 is 0 Å². The Morgan fingerprint density at radius 2 is 1.83 bits per heavy atom. The summed E-state index contributed by atoms with van der Waals surface area (Å²) >= 11 is 0. The zero-order chi connectivity index (χ0) is 21.5. The van der Waals surface area contributed by atoms with Gasteiger partial charge in [-0.15, -0.1) is 0 Å². The van der Waals surface area contributed by atoms with E-state index in [0.29, 0.717) is 23.6 Å². The number of benzene rings is 2. The van der Waals surface area contributed by atoms with Gasteiger partial charge in [0.05, 0.1) is 17.9 Å². The van der Waals surface area contributed by atoms with E-state index < -0.39 is 10.0 Å². The maximum atomic E-state index is 13.3. The molecule has 0 aliphatic carbocycles. The molecule has 0 saturated heterocycles. The highest BCUT2D eigenvalue weighted by Gasteiger charge is 2.35. The number of anilines is 1. The van der Waals surface area contributed by atoms with Gasteiger partial charge in [0.15, 0.2) is 5.69 Å². The summed E-state index contributed by atoms with van der Waals surface area (Å²) < 4.78 is 29.8. The number of imidazole rings is 1. The van der Waals surface area contributed by atoms with E-state index in [1.54, 1.807) is 28.8 Å². The summed E-state index contributed by atoms with van der Waals surface area (Å²) in [6.07, 6.45) is 1.52. The average Bonchev–Trinajstić information content (AvgIpc) is 3.09. The van der Waals surface area contributed by atoms with E-state index in [2.05, 4.69) is 10.3 Å². The van der Waals surface area contributed by atoms with Crippen LogP contribution in [0, 0.1) is 12.8 Å². The minimum absolute atomic E-state index is 0.0751. The third-order valence-electron chi connectivity index (χ3n) is 5.11. The van der Waals surface area contributed by atoms with E-state index in [9.17, 15) is 13.2 Å². The summed E-state index contributed by atoms with van der Waals surface area (Å²) in [6.45, 7) is 6.27. The smallest absolute Gasteiger partial charge is 0.276 e. The lowest BCUT2D eigenvalue weighted by molar-refractivity contribution is 0.102. The van der Waals surface area contributed by atoms with Crippen LogP contribution in [0.4, 0.5) is 5.69 Å². The Labute approximate surface area is 176 Å². The van der Waals surface area contributed by atoms with Gasteiger partial charge in [-0.25, -0.2) is 13.4 Å². The van der Waals surface area contributed by atoms with Gasteiger partial charge in [-0.3, -0.25) is 9.36 Å². The fourth-order valence-electron chi connectivity index (χ4n) is 3.65. The molecule has 1 aromatic heterocycles. The van der Waals surface area contributed by atoms with Crippen molar-refractivity contribution in [2.45, 2.75) is 32.2 Å². The van der Waals surface area contributed by atoms with Gasteiger partial charge in [-0.2, -0.15) is 4.31 Å². The van der Waals surface area contributed by atoms with Crippen LogP contribution in [0.25, 0.3) is 5.69 Å². The lowest BCUT2D eigenvalue weighted by atomic mass is 10.2. The Kier molecular flexibility index (Phi) is 5.21. The molecule has 1 N–H and O–H groups in total. The van der Waals surface area contributed by atoms with Crippen molar-refractivity contribution >= 4 is 21.6 Å². The molecule has 1 aliphatic heterocycles. The second-order valence-electron chi connectivity index (χ2n) is 7.84. The molecule has 8 heteroatoms. The van der Waals surface area contributed by atoms with Crippen LogP contribution in [0.15, 0.2) is 59.8 Å². The minimum Gasteiger partial charge on any atom is -0.320 e. The van der Waals surface area contributed by atoms with Crippen LogP contribution in [0.3, 0.4) is 0 Å². The highest BCUT2D eigenvalue weighted by molar-refractivity contribution is 7.89. The summed E-state index contributed by atoms with van der Waals surface area (Å²) in [6, 6.07) is 14.3. The molecular weight excluding hydrogens is 400 g/mol. The van der Waals surface area contributed by atoms with Gasteiger partial charge in [0.25, 0.3) is 5.91 Å². The topological polar surface area (TPSA) is 84.3 Å². The molecule has 0 atom stereocenters. The number of hydrogen-bond donors (Lipinski definition) is 1. The summed E-state index contributed by atoms with van der Waals surface area (Å²) in [5.74, 6) is -0.232. The first kappa shape index (κ1) is 20.3. The lowest BCUT2D eigenvalue weighted by Gasteiger charge is -2.22. The number of hydrogen-bond acceptors (Lipinski definition) is 4. The second-order valence-corrected chi connectivity index (χ2v) is 9.74. The first-order chi connectivity index (χ1) is 14.3. The Morgan fingerprint density at radius 3 is 2.57 bits per heavy atom. The predicted molar refractivity (Wildman–Crippen MR) is 115 cm³/mol. The number of rotatable bonds is 4. The molecule has 2 heterocycles. The van der Waals surface area contributed by atoms with Gasteiger partial charge in [0.1, 0.15) is 11.2 Å². The number of nitrogens with one attached hydrogen (secondary N) is 1. The molecule has 7 nitrogen and oxygen atoms in total. The fourth-order valence-corrected chi connectivity index (χ4v) is 5.40. The zero-order valence-corrected chi connectivity index (χ0v) is 18.0. The molecule has 1 aliphatic rings. The molecular formula is C22H24N4O3S. The molecule has 0 saturated carbocycles. The van der Waals surface area contributed by atoms with Crippen LogP contribution in [-0.2, 0) is 16.6 Å². The summed E-state index contributed by atoms with van der Waals surface area (Å²) in [5.41, 5.74) is 2.91. The number of fused-ring (bicyclic) bond motifs is 3. The summed E-state index contributed by atoms with van der Waals surface area (Å²) in [5, 5.41) is 2.90. The zero-order valence-electron chi connectivity index (χ0n) is 17.2. The van der Waals surface area contributed by atoms with Crippen molar-refractivity contribution in [1.29, 1.82) is 0 Å². The third-order valence-corrected chi connectivity index (χ3v) is 6.97. The van der Waals surface area contributed by atoms with E-state index in [-0.39, 0.29) is 29.0 Å². The summed E-state index contributed by atoms with van der Waals surface area (Å²) in [4.78, 5) is 17.6. The highest BCUT2D eigenvalue weighted by atomic mass is 32.2. The number of amides is 1. The highest BCUT2D eigenvalue weighted by Crippen LogP contribution is 2.32. The quantitative estimate of drug-likeness (QED) is 0.694. The van der Waals surface area contributed by atoms with Crippen molar-refractivity contribution in [2.75, 3.05) is 11.9 Å². The molecule has 0 spiro atoms. The maximum Gasteiger partial charge on any atom is 0.276 e. The minimum atomic E-state index is -3.71. The maximum absolute atomic E-state index is 13.3. The Bertz CT molecular complexity index is 1210. The first-order valence-electron chi connectivity index (χ1n) is 9.82. The van der Waals surface area contributed by atoms with Crippen LogP contribution >= 0.6 is 0 Å².